The van der Waals surface area contributed by atoms with Gasteiger partial charge in [0.2, 0.25) is 5.95 Å². The van der Waals surface area contributed by atoms with Gasteiger partial charge in [-0.2, -0.15) is 0 Å². The molecule has 0 bridgehead atoms. The lowest BCUT2D eigenvalue weighted by Crippen LogP contribution is -2.14. The number of fused-ring (bicyclic) bond motifs is 3. The van der Waals surface area contributed by atoms with Crippen molar-refractivity contribution in [2.24, 2.45) is 0 Å². The summed E-state index contributed by atoms with van der Waals surface area (Å²) in [6.45, 7) is 2.98. The van der Waals surface area contributed by atoms with Crippen LogP contribution in [0.15, 0.2) is 30.5 Å². The number of aryl methyl sites for hydroxylation is 2. The molecule has 4 rings (SSSR count). The summed E-state index contributed by atoms with van der Waals surface area (Å²) in [5.41, 5.74) is 4.46. The van der Waals surface area contributed by atoms with Gasteiger partial charge in [-0.25, -0.2) is 14.4 Å². The number of aromatic nitrogens is 3. The zero-order chi connectivity index (χ0) is 16.5. The van der Waals surface area contributed by atoms with Crippen molar-refractivity contribution in [3.8, 4) is 11.3 Å². The molecule has 0 atom stereocenters. The first-order valence-corrected chi connectivity index (χ1v) is 8.67. The fourth-order valence-electron chi connectivity index (χ4n) is 3.35. The predicted octanol–water partition coefficient (Wildman–Crippen LogP) is 4.24. The first-order chi connectivity index (χ1) is 11.8. The lowest BCUT2D eigenvalue weighted by atomic mass is 9.97. The molecule has 0 saturated carbocycles. The summed E-state index contributed by atoms with van der Waals surface area (Å²) in [6, 6.07) is 6.79. The number of rotatable bonds is 4. The highest BCUT2D eigenvalue weighted by molar-refractivity contribution is 5.67. The van der Waals surface area contributed by atoms with Gasteiger partial charge in [0.05, 0.1) is 11.4 Å². The monoisotopic (exact) mass is 324 g/mol. The normalized spacial score (nSPS) is 13.9. The van der Waals surface area contributed by atoms with Crippen LogP contribution in [-0.4, -0.2) is 20.9 Å². The van der Waals surface area contributed by atoms with Crippen molar-refractivity contribution in [3.05, 3.63) is 47.5 Å². The van der Waals surface area contributed by atoms with Gasteiger partial charge >= 0.3 is 0 Å². The second-order valence-corrected chi connectivity index (χ2v) is 6.29. The van der Waals surface area contributed by atoms with Crippen LogP contribution in [0.4, 0.5) is 10.3 Å². The van der Waals surface area contributed by atoms with Crippen molar-refractivity contribution in [2.45, 2.75) is 39.0 Å². The van der Waals surface area contributed by atoms with Gasteiger partial charge in [0, 0.05) is 23.9 Å². The average Bonchev–Trinajstić information content (AvgIpc) is 3.05. The van der Waals surface area contributed by atoms with E-state index >= 15 is 0 Å². The molecular weight excluding hydrogens is 303 g/mol. The molecule has 0 unspecified atom stereocenters. The Bertz CT molecular complexity index is 884. The third-order valence-corrected chi connectivity index (χ3v) is 4.57. The van der Waals surface area contributed by atoms with Gasteiger partial charge < -0.3 is 5.32 Å². The van der Waals surface area contributed by atoms with E-state index in [1.165, 1.54) is 18.1 Å². The van der Waals surface area contributed by atoms with E-state index in [4.69, 9.17) is 9.97 Å². The number of halogens is 1. The maximum absolute atomic E-state index is 14.2. The van der Waals surface area contributed by atoms with Crippen LogP contribution in [0.25, 0.3) is 16.9 Å². The van der Waals surface area contributed by atoms with Crippen LogP contribution < -0.4 is 5.32 Å². The topological polar surface area (TPSA) is 42.2 Å². The smallest absolute Gasteiger partial charge is 0.208 e. The van der Waals surface area contributed by atoms with Crippen molar-refractivity contribution < 1.29 is 4.39 Å². The van der Waals surface area contributed by atoms with Gasteiger partial charge in [-0.1, -0.05) is 19.1 Å². The molecule has 0 amide bonds. The van der Waals surface area contributed by atoms with Gasteiger partial charge in [-0.05, 0) is 44.2 Å². The zero-order valence-corrected chi connectivity index (χ0v) is 13.8. The van der Waals surface area contributed by atoms with E-state index in [1.807, 2.05) is 16.7 Å². The SMILES string of the molecule is CCCNc1nc2c(c3nc(-c4ccccc4F)cn13)CCCC2. The van der Waals surface area contributed by atoms with Gasteiger partial charge in [-0.15, -0.1) is 0 Å². The standard InChI is InChI=1S/C19H21FN4/c1-2-11-21-19-23-16-10-6-4-8-14(16)18-22-17(12-24(18)19)13-7-3-5-9-15(13)20/h3,5,7,9,12H,2,4,6,8,10-11H2,1H3,(H,21,23). The number of imidazole rings is 1. The van der Waals surface area contributed by atoms with E-state index in [9.17, 15) is 4.39 Å². The van der Waals surface area contributed by atoms with E-state index in [0.29, 0.717) is 11.3 Å². The van der Waals surface area contributed by atoms with Gasteiger partial charge in [0.1, 0.15) is 11.5 Å². The summed E-state index contributed by atoms with van der Waals surface area (Å²) < 4.78 is 16.2. The lowest BCUT2D eigenvalue weighted by Gasteiger charge is -2.18. The number of nitrogens with one attached hydrogen (secondary N) is 1. The second kappa shape index (κ2) is 6.23. The van der Waals surface area contributed by atoms with Crippen LogP contribution >= 0.6 is 0 Å². The summed E-state index contributed by atoms with van der Waals surface area (Å²) in [6.07, 6.45) is 7.24. The molecule has 2 aromatic heterocycles. The van der Waals surface area contributed by atoms with Crippen molar-refractivity contribution in [1.29, 1.82) is 0 Å². The fourth-order valence-corrected chi connectivity index (χ4v) is 3.35. The Morgan fingerprint density at radius 1 is 1.17 bits per heavy atom. The zero-order valence-electron chi connectivity index (χ0n) is 13.8. The van der Waals surface area contributed by atoms with E-state index in [2.05, 4.69) is 12.2 Å². The van der Waals surface area contributed by atoms with E-state index in [0.717, 1.165) is 49.5 Å². The van der Waals surface area contributed by atoms with Crippen LogP contribution in [0.5, 0.6) is 0 Å². The minimum atomic E-state index is -0.245. The second-order valence-electron chi connectivity index (χ2n) is 6.29. The van der Waals surface area contributed by atoms with Gasteiger partial charge in [-0.3, -0.25) is 4.40 Å². The van der Waals surface area contributed by atoms with Crippen LogP contribution in [-0.2, 0) is 12.8 Å². The Hall–Kier alpha value is -2.43. The van der Waals surface area contributed by atoms with Crippen LogP contribution in [0.3, 0.4) is 0 Å². The Morgan fingerprint density at radius 2 is 2.00 bits per heavy atom. The van der Waals surface area contributed by atoms with E-state index < -0.39 is 0 Å². The van der Waals surface area contributed by atoms with Crippen LogP contribution in [0, 0.1) is 5.82 Å². The maximum atomic E-state index is 14.2. The minimum Gasteiger partial charge on any atom is -0.355 e. The Morgan fingerprint density at radius 3 is 2.83 bits per heavy atom. The Balaban J connectivity index is 1.91. The number of benzene rings is 1. The number of nitrogens with zero attached hydrogens (tertiary/aromatic N) is 3. The highest BCUT2D eigenvalue weighted by atomic mass is 19.1. The molecule has 0 saturated heterocycles. The molecule has 5 heteroatoms. The lowest BCUT2D eigenvalue weighted by molar-refractivity contribution is 0.631. The highest BCUT2D eigenvalue weighted by Crippen LogP contribution is 2.29. The molecule has 0 aliphatic heterocycles. The van der Waals surface area contributed by atoms with Crippen LogP contribution in [0.1, 0.15) is 37.4 Å². The number of hydrogen-bond acceptors (Lipinski definition) is 3. The molecule has 3 aromatic rings. The van der Waals surface area contributed by atoms with E-state index in [-0.39, 0.29) is 5.82 Å². The van der Waals surface area contributed by atoms with Gasteiger partial charge in [0.15, 0.2) is 0 Å². The molecule has 4 nitrogen and oxygen atoms in total. The molecule has 124 valence electrons. The molecule has 0 radical (unpaired) electrons. The third kappa shape index (κ3) is 2.54. The maximum Gasteiger partial charge on any atom is 0.208 e. The molecule has 0 spiro atoms. The molecule has 2 heterocycles. The quantitative estimate of drug-likeness (QED) is 0.780. The third-order valence-electron chi connectivity index (χ3n) is 4.57. The Labute approximate surface area is 140 Å². The summed E-state index contributed by atoms with van der Waals surface area (Å²) in [4.78, 5) is 9.60. The molecule has 0 fully saturated rings. The molecular formula is C19H21FN4. The van der Waals surface area contributed by atoms with Crippen molar-refractivity contribution in [2.75, 3.05) is 11.9 Å². The summed E-state index contributed by atoms with van der Waals surface area (Å²) >= 11 is 0. The van der Waals surface area contributed by atoms with Crippen molar-refractivity contribution >= 4 is 11.6 Å². The van der Waals surface area contributed by atoms with E-state index in [1.54, 1.807) is 12.1 Å². The summed E-state index contributed by atoms with van der Waals surface area (Å²) in [5.74, 6) is 0.563. The molecule has 1 aliphatic rings. The first kappa shape index (κ1) is 15.1. The number of hydrogen-bond donors (Lipinski definition) is 1. The first-order valence-electron chi connectivity index (χ1n) is 8.67. The largest absolute Gasteiger partial charge is 0.355 e. The van der Waals surface area contributed by atoms with Crippen molar-refractivity contribution in [3.63, 3.8) is 0 Å². The summed E-state index contributed by atoms with van der Waals surface area (Å²) in [5, 5.41) is 3.38. The molecule has 1 aromatic carbocycles. The van der Waals surface area contributed by atoms with Crippen LogP contribution in [0.2, 0.25) is 0 Å². The number of anilines is 1. The molecule has 1 aliphatic carbocycles. The highest BCUT2D eigenvalue weighted by Gasteiger charge is 2.20. The average molecular weight is 324 g/mol. The summed E-state index contributed by atoms with van der Waals surface area (Å²) in [7, 11) is 0. The predicted molar refractivity (Wildman–Crippen MR) is 93.8 cm³/mol. The fraction of sp³-hybridized carbons (Fsp3) is 0.368. The van der Waals surface area contributed by atoms with Crippen molar-refractivity contribution in [1.82, 2.24) is 14.4 Å². The Kier molecular flexibility index (Phi) is 3.92. The van der Waals surface area contributed by atoms with Gasteiger partial charge in [0.25, 0.3) is 0 Å². The molecule has 1 N–H and O–H groups in total. The molecule has 24 heavy (non-hydrogen) atoms. The minimum absolute atomic E-state index is 0.245.